The maximum absolute atomic E-state index is 11.1. The Morgan fingerprint density at radius 1 is 0.390 bits per heavy atom. The lowest BCUT2D eigenvalue weighted by atomic mass is 9.72. The van der Waals surface area contributed by atoms with Crippen LogP contribution in [-0.4, -0.2) is 146 Å². The molecule has 0 saturated heterocycles. The molecule has 4 saturated carbocycles. The fraction of sp³-hybridized carbons (Fsp3) is 0.631. The van der Waals surface area contributed by atoms with Crippen LogP contribution in [0.1, 0.15) is 182 Å². The van der Waals surface area contributed by atoms with Crippen LogP contribution in [0.25, 0.3) is 0 Å². The van der Waals surface area contributed by atoms with Crippen molar-refractivity contribution in [3.63, 3.8) is 0 Å². The van der Waals surface area contributed by atoms with Crippen molar-refractivity contribution in [3.05, 3.63) is 119 Å². The zero-order valence-electron chi connectivity index (χ0n) is 47.9. The van der Waals surface area contributed by atoms with Crippen molar-refractivity contribution >= 4 is 0 Å². The lowest BCUT2D eigenvalue weighted by molar-refractivity contribution is -0.0280. The Labute approximate surface area is 465 Å². The van der Waals surface area contributed by atoms with E-state index in [0.717, 1.165) is 152 Å². The molecule has 432 valence electrons. The SMILES string of the molecule is C.CN(C)CC(c1ccc(O)cc1)C1(O)CCCCC1.CNCC(c1ccc(O)cc1)C1(O)CCCCC1.CNCC(c1ccc(OC)cc1)C1(O)CCCCC1.COc1ccc(C(CN(C)C)C2(O)CCCCC2)cc1. The van der Waals surface area contributed by atoms with Crippen LogP contribution in [0.2, 0.25) is 0 Å². The summed E-state index contributed by atoms with van der Waals surface area (Å²) < 4.78 is 10.4. The minimum Gasteiger partial charge on any atom is -0.508 e. The number of hydrogen-bond acceptors (Lipinski definition) is 12. The lowest BCUT2D eigenvalue weighted by Crippen LogP contribution is -2.42. The third kappa shape index (κ3) is 19.5. The molecule has 0 heterocycles. The molecule has 0 bridgehead atoms. The first-order valence-electron chi connectivity index (χ1n) is 28.8. The third-order valence-electron chi connectivity index (χ3n) is 17.0. The fourth-order valence-electron chi connectivity index (χ4n) is 12.7. The molecule has 4 unspecified atom stereocenters. The molecule has 0 spiro atoms. The van der Waals surface area contributed by atoms with E-state index in [4.69, 9.17) is 9.47 Å². The molecule has 4 aliphatic carbocycles. The van der Waals surface area contributed by atoms with Gasteiger partial charge in [0.15, 0.2) is 0 Å². The molecule has 0 amide bonds. The molecule has 12 heteroatoms. The zero-order chi connectivity index (χ0) is 55.2. The highest BCUT2D eigenvalue weighted by Gasteiger charge is 2.42. The summed E-state index contributed by atoms with van der Waals surface area (Å²) in [5, 5.41) is 69.2. The van der Waals surface area contributed by atoms with Crippen molar-refractivity contribution < 1.29 is 40.1 Å². The van der Waals surface area contributed by atoms with Gasteiger partial charge in [0.2, 0.25) is 0 Å². The first-order valence-corrected chi connectivity index (χ1v) is 28.8. The van der Waals surface area contributed by atoms with E-state index in [0.29, 0.717) is 0 Å². The van der Waals surface area contributed by atoms with Gasteiger partial charge in [0.25, 0.3) is 0 Å². The summed E-state index contributed by atoms with van der Waals surface area (Å²) in [6.07, 6.45) is 21.1. The summed E-state index contributed by atoms with van der Waals surface area (Å²) in [7, 11) is 15.4. The Hall–Kier alpha value is -4.24. The van der Waals surface area contributed by atoms with E-state index in [2.05, 4.69) is 58.8 Å². The normalized spacial score (nSPS) is 19.9. The maximum Gasteiger partial charge on any atom is 0.118 e. The van der Waals surface area contributed by atoms with Crippen molar-refractivity contribution in [1.29, 1.82) is 0 Å². The quantitative estimate of drug-likeness (QED) is 0.0475. The average molecular weight is 1070 g/mol. The maximum atomic E-state index is 11.1. The summed E-state index contributed by atoms with van der Waals surface area (Å²) in [6.45, 7) is 3.29. The molecule has 8 rings (SSSR count). The van der Waals surface area contributed by atoms with Crippen LogP contribution in [-0.2, 0) is 0 Å². The van der Waals surface area contributed by atoms with Crippen molar-refractivity contribution in [3.8, 4) is 23.0 Å². The smallest absolute Gasteiger partial charge is 0.118 e. The number of nitrogens with one attached hydrogen (secondary N) is 2. The van der Waals surface area contributed by atoms with Gasteiger partial charge in [-0.1, -0.05) is 133 Å². The van der Waals surface area contributed by atoms with Gasteiger partial charge in [-0.15, -0.1) is 0 Å². The molecule has 0 aromatic heterocycles. The molecule has 77 heavy (non-hydrogen) atoms. The highest BCUT2D eigenvalue weighted by molar-refractivity contribution is 5.34. The molecule has 4 aliphatic rings. The summed E-state index contributed by atoms with van der Waals surface area (Å²) >= 11 is 0. The Bertz CT molecular complexity index is 2180. The van der Waals surface area contributed by atoms with Crippen molar-refractivity contribution in [2.24, 2.45) is 0 Å². The van der Waals surface area contributed by atoms with Crippen molar-refractivity contribution in [2.45, 2.75) is 182 Å². The number of aromatic hydroxyl groups is 2. The minimum atomic E-state index is -0.599. The van der Waals surface area contributed by atoms with Crippen LogP contribution < -0.4 is 20.1 Å². The summed E-state index contributed by atoms with van der Waals surface area (Å²) in [6, 6.07) is 30.8. The summed E-state index contributed by atoms with van der Waals surface area (Å²) in [5.41, 5.74) is 2.32. The van der Waals surface area contributed by atoms with E-state index in [9.17, 15) is 30.6 Å². The van der Waals surface area contributed by atoms with E-state index in [1.165, 1.54) is 36.8 Å². The number of nitrogens with zero attached hydrogens (tertiary/aromatic N) is 2. The molecule has 4 aromatic carbocycles. The molecular weight excluding hydrogens is 965 g/mol. The Balaban J connectivity index is 0.000000221. The first kappa shape index (κ1) is 65.3. The minimum absolute atomic E-state index is 0. The third-order valence-corrected chi connectivity index (χ3v) is 17.0. The fourth-order valence-corrected chi connectivity index (χ4v) is 12.7. The molecular formula is C65H104N4O8. The summed E-state index contributed by atoms with van der Waals surface area (Å²) in [5.74, 6) is 2.83. The number of ether oxygens (including phenoxy) is 2. The van der Waals surface area contributed by atoms with E-state index in [1.54, 1.807) is 38.5 Å². The highest BCUT2D eigenvalue weighted by Crippen LogP contribution is 2.44. The number of benzene rings is 4. The van der Waals surface area contributed by atoms with Crippen LogP contribution >= 0.6 is 0 Å². The Morgan fingerprint density at radius 3 is 0.831 bits per heavy atom. The van der Waals surface area contributed by atoms with Gasteiger partial charge in [-0.3, -0.25) is 0 Å². The van der Waals surface area contributed by atoms with Crippen LogP contribution in [0, 0.1) is 0 Å². The van der Waals surface area contributed by atoms with E-state index in [-0.39, 0.29) is 42.6 Å². The number of phenols is 2. The predicted octanol–water partition coefficient (Wildman–Crippen LogP) is 11.5. The van der Waals surface area contributed by atoms with Gasteiger partial charge in [0.05, 0.1) is 36.6 Å². The number of hydrogen-bond donors (Lipinski definition) is 8. The Kier molecular flexibility index (Phi) is 27.2. The van der Waals surface area contributed by atoms with E-state index < -0.39 is 22.4 Å². The van der Waals surface area contributed by atoms with Gasteiger partial charge in [-0.2, -0.15) is 0 Å². The molecule has 12 nitrogen and oxygen atoms in total. The molecule has 0 aliphatic heterocycles. The highest BCUT2D eigenvalue weighted by atomic mass is 16.5. The van der Waals surface area contributed by atoms with Gasteiger partial charge in [-0.25, -0.2) is 0 Å². The van der Waals surface area contributed by atoms with Crippen LogP contribution in [0.15, 0.2) is 97.1 Å². The monoisotopic (exact) mass is 1070 g/mol. The second-order valence-electron chi connectivity index (χ2n) is 23.2. The van der Waals surface area contributed by atoms with E-state index in [1.807, 2.05) is 76.7 Å². The van der Waals surface area contributed by atoms with Gasteiger partial charge in [0, 0.05) is 49.9 Å². The second kappa shape index (κ2) is 32.1. The molecule has 4 atom stereocenters. The van der Waals surface area contributed by atoms with Gasteiger partial charge in [-0.05, 0) is 164 Å². The number of rotatable bonds is 18. The zero-order valence-corrected chi connectivity index (χ0v) is 47.9. The van der Waals surface area contributed by atoms with Crippen LogP contribution in [0.5, 0.6) is 23.0 Å². The number of phenolic OH excluding ortho intramolecular Hbond substituents is 2. The van der Waals surface area contributed by atoms with Crippen LogP contribution in [0.4, 0.5) is 0 Å². The molecule has 4 fully saturated rings. The second-order valence-corrected chi connectivity index (χ2v) is 23.2. The Morgan fingerprint density at radius 2 is 0.610 bits per heavy atom. The first-order chi connectivity index (χ1) is 36.4. The molecule has 0 radical (unpaired) electrons. The topological polar surface area (TPSA) is 170 Å². The molecule has 4 aromatic rings. The number of methoxy groups -OCH3 is 2. The largest absolute Gasteiger partial charge is 0.508 e. The van der Waals surface area contributed by atoms with Crippen molar-refractivity contribution in [2.75, 3.05) is 82.7 Å². The van der Waals surface area contributed by atoms with Crippen molar-refractivity contribution in [1.82, 2.24) is 20.4 Å². The average Bonchev–Trinajstić information content (AvgIpc) is 3.42. The van der Waals surface area contributed by atoms with Gasteiger partial charge < -0.3 is 60.5 Å². The van der Waals surface area contributed by atoms with E-state index >= 15 is 0 Å². The summed E-state index contributed by atoms with van der Waals surface area (Å²) in [4.78, 5) is 4.30. The lowest BCUT2D eigenvalue weighted by Gasteiger charge is -2.40. The predicted molar refractivity (Wildman–Crippen MR) is 317 cm³/mol. The number of likely N-dealkylation sites (N-methyl/N-ethyl adjacent to an activating group) is 4. The molecule has 8 N–H and O–H groups in total. The standard InChI is InChI=1S/C17H27NO2.2C16H25NO2.C15H23NO2.CH4/c1-18(2)13-16(17(19)11-5-4-6-12-17)14-7-9-15(20-3)10-8-14;1-17-12-15(16(18)10-4-3-5-11-16)13-6-8-14(19-2)9-7-13;1-17(2)12-15(13-6-8-14(18)9-7-13)16(19)10-4-3-5-11-16;1-16-11-14(12-5-7-13(17)8-6-12)15(18)9-3-2-4-10-15;/h7-10,16,19H,4-6,11-13H2,1-3H3;6-9,15,17-18H,3-5,10-12H2,1-2H3;6-9,15,18-19H,3-5,10-12H2,1-2H3;5-8,14,16-18H,2-4,9-11H2,1H3;1H4. The number of aliphatic hydroxyl groups is 4. The van der Waals surface area contributed by atoms with Crippen LogP contribution in [0.3, 0.4) is 0 Å². The van der Waals surface area contributed by atoms with Gasteiger partial charge >= 0.3 is 0 Å². The van der Waals surface area contributed by atoms with Gasteiger partial charge in [0.1, 0.15) is 23.0 Å².